The molecule has 0 aliphatic heterocycles. The molecule has 1 heterocycles. The van der Waals surface area contributed by atoms with Gasteiger partial charge in [0, 0.05) is 29.2 Å². The number of aromatic nitrogens is 1. The summed E-state index contributed by atoms with van der Waals surface area (Å²) in [6.45, 7) is -0.360. The third kappa shape index (κ3) is 2.23. The van der Waals surface area contributed by atoms with Gasteiger partial charge in [-0.3, -0.25) is 19.7 Å². The summed E-state index contributed by atoms with van der Waals surface area (Å²) in [5.41, 5.74) is 5.45. The normalized spacial score (nSPS) is 10.5. The van der Waals surface area contributed by atoms with E-state index in [0.717, 1.165) is 0 Å². The zero-order valence-electron chi connectivity index (χ0n) is 9.57. The van der Waals surface area contributed by atoms with E-state index in [1.807, 2.05) is 0 Å². The Balaban J connectivity index is 2.71. The Hall–Kier alpha value is -2.90. The lowest BCUT2D eigenvalue weighted by Crippen LogP contribution is -2.11. The number of aliphatic carboxylic acids is 1. The van der Waals surface area contributed by atoms with Crippen molar-refractivity contribution >= 4 is 28.5 Å². The number of nitrogens with zero attached hydrogens (tertiary/aromatic N) is 2. The van der Waals surface area contributed by atoms with Crippen molar-refractivity contribution in [3.05, 3.63) is 40.1 Å². The van der Waals surface area contributed by atoms with E-state index in [9.17, 15) is 19.7 Å². The first-order chi connectivity index (χ1) is 8.90. The SMILES string of the molecule is NC(=O)c1cn(CC(=O)O)c2ccc([N+](=O)[O-])cc12. The van der Waals surface area contributed by atoms with Crippen LogP contribution in [-0.4, -0.2) is 26.5 Å². The molecule has 1 amide bonds. The van der Waals surface area contributed by atoms with Crippen molar-refractivity contribution < 1.29 is 19.6 Å². The molecule has 19 heavy (non-hydrogen) atoms. The van der Waals surface area contributed by atoms with E-state index in [0.29, 0.717) is 5.52 Å². The van der Waals surface area contributed by atoms with Gasteiger partial charge in [0.15, 0.2) is 0 Å². The van der Waals surface area contributed by atoms with Crippen LogP contribution in [0.25, 0.3) is 10.9 Å². The molecule has 8 heteroatoms. The van der Waals surface area contributed by atoms with Crippen molar-refractivity contribution in [1.29, 1.82) is 0 Å². The molecule has 1 aromatic heterocycles. The van der Waals surface area contributed by atoms with Gasteiger partial charge in [-0.05, 0) is 6.07 Å². The first-order valence-corrected chi connectivity index (χ1v) is 5.19. The highest BCUT2D eigenvalue weighted by molar-refractivity contribution is 6.07. The second kappa shape index (κ2) is 4.41. The van der Waals surface area contributed by atoms with Gasteiger partial charge in [0.25, 0.3) is 11.6 Å². The van der Waals surface area contributed by atoms with E-state index in [2.05, 4.69) is 0 Å². The number of carbonyl (C=O) groups is 2. The predicted molar refractivity (Wildman–Crippen MR) is 64.7 cm³/mol. The third-order valence-electron chi connectivity index (χ3n) is 2.65. The Bertz CT molecular complexity index is 704. The van der Waals surface area contributed by atoms with Gasteiger partial charge in [-0.1, -0.05) is 0 Å². The number of benzene rings is 1. The molecule has 0 aliphatic carbocycles. The average molecular weight is 263 g/mol. The topological polar surface area (TPSA) is 128 Å². The smallest absolute Gasteiger partial charge is 0.323 e. The van der Waals surface area contributed by atoms with Gasteiger partial charge in [-0.25, -0.2) is 0 Å². The van der Waals surface area contributed by atoms with Crippen molar-refractivity contribution in [1.82, 2.24) is 4.57 Å². The van der Waals surface area contributed by atoms with Gasteiger partial charge in [0.1, 0.15) is 6.54 Å². The van der Waals surface area contributed by atoms with E-state index in [1.165, 1.54) is 29.0 Å². The highest BCUT2D eigenvalue weighted by atomic mass is 16.6. The van der Waals surface area contributed by atoms with Crippen molar-refractivity contribution in [3.63, 3.8) is 0 Å². The second-order valence-corrected chi connectivity index (χ2v) is 3.89. The van der Waals surface area contributed by atoms with Crippen LogP contribution < -0.4 is 5.73 Å². The number of carboxylic acid groups (broad SMARTS) is 1. The summed E-state index contributed by atoms with van der Waals surface area (Å²) in [5, 5.41) is 19.7. The molecule has 0 saturated heterocycles. The summed E-state index contributed by atoms with van der Waals surface area (Å²) >= 11 is 0. The molecular weight excluding hydrogens is 254 g/mol. The van der Waals surface area contributed by atoms with E-state index in [1.54, 1.807) is 0 Å². The Morgan fingerprint density at radius 3 is 2.63 bits per heavy atom. The fourth-order valence-corrected chi connectivity index (χ4v) is 1.87. The van der Waals surface area contributed by atoms with Crippen LogP contribution in [0.15, 0.2) is 24.4 Å². The monoisotopic (exact) mass is 263 g/mol. The number of carboxylic acids is 1. The van der Waals surface area contributed by atoms with Crippen LogP contribution in [0.2, 0.25) is 0 Å². The number of nitro benzene ring substituents is 1. The Morgan fingerprint density at radius 1 is 1.42 bits per heavy atom. The van der Waals surface area contributed by atoms with Crippen LogP contribution in [0, 0.1) is 10.1 Å². The van der Waals surface area contributed by atoms with E-state index in [-0.39, 0.29) is 23.2 Å². The van der Waals surface area contributed by atoms with Crippen LogP contribution >= 0.6 is 0 Å². The lowest BCUT2D eigenvalue weighted by molar-refractivity contribution is -0.384. The number of nitrogens with two attached hydrogens (primary N) is 1. The fraction of sp³-hybridized carbons (Fsp3) is 0.0909. The number of hydrogen-bond acceptors (Lipinski definition) is 4. The number of amides is 1. The lowest BCUT2D eigenvalue weighted by Gasteiger charge is -2.00. The Labute approximate surface area is 106 Å². The summed E-state index contributed by atoms with van der Waals surface area (Å²) in [4.78, 5) is 32.1. The van der Waals surface area contributed by atoms with Crippen LogP contribution in [0.4, 0.5) is 5.69 Å². The predicted octanol–water partition coefficient (Wildman–Crippen LogP) is 0.733. The molecule has 2 rings (SSSR count). The molecular formula is C11H9N3O5. The molecule has 0 unspecified atom stereocenters. The molecule has 0 spiro atoms. The first-order valence-electron chi connectivity index (χ1n) is 5.19. The summed E-state index contributed by atoms with van der Waals surface area (Å²) in [7, 11) is 0. The van der Waals surface area contributed by atoms with Gasteiger partial charge < -0.3 is 15.4 Å². The van der Waals surface area contributed by atoms with Crippen molar-refractivity contribution in [2.45, 2.75) is 6.54 Å². The standard InChI is InChI=1S/C11H9N3O5/c12-11(17)8-4-13(5-10(15)16)9-2-1-6(14(18)19)3-7(8)9/h1-4H,5H2,(H2,12,17)(H,15,16). The number of hydrogen-bond donors (Lipinski definition) is 2. The van der Waals surface area contributed by atoms with Crippen LogP contribution in [-0.2, 0) is 11.3 Å². The molecule has 0 radical (unpaired) electrons. The quantitative estimate of drug-likeness (QED) is 0.620. The minimum Gasteiger partial charge on any atom is -0.480 e. The maximum atomic E-state index is 11.3. The number of rotatable bonds is 4. The first kappa shape index (κ1) is 12.6. The maximum absolute atomic E-state index is 11.3. The highest BCUT2D eigenvalue weighted by Gasteiger charge is 2.17. The highest BCUT2D eigenvalue weighted by Crippen LogP contribution is 2.25. The zero-order chi connectivity index (χ0) is 14.2. The molecule has 1 aromatic carbocycles. The lowest BCUT2D eigenvalue weighted by atomic mass is 10.1. The molecule has 0 bridgehead atoms. The van der Waals surface area contributed by atoms with Crippen molar-refractivity contribution in [2.75, 3.05) is 0 Å². The zero-order valence-corrected chi connectivity index (χ0v) is 9.57. The fourth-order valence-electron chi connectivity index (χ4n) is 1.87. The maximum Gasteiger partial charge on any atom is 0.323 e. The Kier molecular flexibility index (Phi) is 2.91. The minimum atomic E-state index is -1.09. The van der Waals surface area contributed by atoms with Crippen LogP contribution in [0.3, 0.4) is 0 Å². The van der Waals surface area contributed by atoms with Gasteiger partial charge in [0.2, 0.25) is 0 Å². The molecule has 8 nitrogen and oxygen atoms in total. The van der Waals surface area contributed by atoms with E-state index >= 15 is 0 Å². The van der Waals surface area contributed by atoms with E-state index < -0.39 is 16.8 Å². The van der Waals surface area contributed by atoms with Gasteiger partial charge in [-0.2, -0.15) is 0 Å². The van der Waals surface area contributed by atoms with Crippen molar-refractivity contribution in [2.24, 2.45) is 5.73 Å². The number of carbonyl (C=O) groups excluding carboxylic acids is 1. The van der Waals surface area contributed by atoms with Gasteiger partial charge in [0.05, 0.1) is 10.5 Å². The molecule has 98 valence electrons. The third-order valence-corrected chi connectivity index (χ3v) is 2.65. The number of non-ortho nitro benzene ring substituents is 1. The van der Waals surface area contributed by atoms with Crippen molar-refractivity contribution in [3.8, 4) is 0 Å². The van der Waals surface area contributed by atoms with E-state index in [4.69, 9.17) is 10.8 Å². The summed E-state index contributed by atoms with van der Waals surface area (Å²) in [6.07, 6.45) is 1.28. The summed E-state index contributed by atoms with van der Waals surface area (Å²) < 4.78 is 1.31. The minimum absolute atomic E-state index is 0.0555. The summed E-state index contributed by atoms with van der Waals surface area (Å²) in [6, 6.07) is 3.84. The molecule has 0 atom stereocenters. The molecule has 0 saturated carbocycles. The van der Waals surface area contributed by atoms with Crippen LogP contribution in [0.1, 0.15) is 10.4 Å². The molecule has 2 aromatic rings. The molecule has 0 aliphatic rings. The van der Waals surface area contributed by atoms with Gasteiger partial charge in [-0.15, -0.1) is 0 Å². The number of nitro groups is 1. The summed E-state index contributed by atoms with van der Waals surface area (Å²) in [5.74, 6) is -1.86. The molecule has 3 N–H and O–H groups in total. The molecule has 0 fully saturated rings. The van der Waals surface area contributed by atoms with Gasteiger partial charge >= 0.3 is 5.97 Å². The Morgan fingerprint density at radius 2 is 2.11 bits per heavy atom. The largest absolute Gasteiger partial charge is 0.480 e. The average Bonchev–Trinajstić information content (AvgIpc) is 2.66. The number of fused-ring (bicyclic) bond motifs is 1. The second-order valence-electron chi connectivity index (χ2n) is 3.89. The van der Waals surface area contributed by atoms with Crippen LogP contribution in [0.5, 0.6) is 0 Å². The number of primary amides is 1.